The maximum absolute atomic E-state index is 12.9. The Hall–Kier alpha value is -3.15. The van der Waals surface area contributed by atoms with Crippen molar-refractivity contribution in [1.29, 1.82) is 0 Å². The number of carbonyl (C=O) groups excluding carboxylic acids is 2. The summed E-state index contributed by atoms with van der Waals surface area (Å²) in [6, 6.07) is 18.3. The zero-order valence-corrected chi connectivity index (χ0v) is 15.7. The van der Waals surface area contributed by atoms with Crippen molar-refractivity contribution in [1.82, 2.24) is 10.2 Å². The maximum Gasteiger partial charge on any atom is 0.308 e. The van der Waals surface area contributed by atoms with Gasteiger partial charge in [0.25, 0.3) is 0 Å². The summed E-state index contributed by atoms with van der Waals surface area (Å²) in [5, 5.41) is 12.5. The third-order valence-electron chi connectivity index (χ3n) is 5.18. The van der Waals surface area contributed by atoms with E-state index >= 15 is 0 Å². The monoisotopic (exact) mass is 380 g/mol. The number of nitrogens with zero attached hydrogens (tertiary/aromatic N) is 1. The topological polar surface area (TPSA) is 86.7 Å². The minimum atomic E-state index is -0.898. The van der Waals surface area contributed by atoms with E-state index in [1.807, 2.05) is 60.7 Å². The van der Waals surface area contributed by atoms with Crippen LogP contribution in [0.5, 0.6) is 0 Å². The molecule has 0 radical (unpaired) electrons. The Morgan fingerprint density at radius 3 is 2.21 bits per heavy atom. The molecule has 0 saturated carbocycles. The van der Waals surface area contributed by atoms with Gasteiger partial charge in [0, 0.05) is 25.9 Å². The van der Waals surface area contributed by atoms with Crippen LogP contribution in [0.4, 0.5) is 0 Å². The summed E-state index contributed by atoms with van der Waals surface area (Å²) < 4.78 is 0. The molecule has 3 atom stereocenters. The lowest BCUT2D eigenvalue weighted by atomic mass is 9.89. The van der Waals surface area contributed by atoms with E-state index in [1.165, 1.54) is 6.92 Å². The first-order chi connectivity index (χ1) is 13.5. The highest BCUT2D eigenvalue weighted by Gasteiger charge is 2.40. The van der Waals surface area contributed by atoms with E-state index in [1.54, 1.807) is 4.90 Å². The molecule has 28 heavy (non-hydrogen) atoms. The van der Waals surface area contributed by atoms with Gasteiger partial charge < -0.3 is 15.3 Å². The van der Waals surface area contributed by atoms with Gasteiger partial charge in [-0.15, -0.1) is 0 Å². The van der Waals surface area contributed by atoms with Gasteiger partial charge in [0.05, 0.1) is 18.4 Å². The average molecular weight is 380 g/mol. The molecule has 1 saturated heterocycles. The summed E-state index contributed by atoms with van der Waals surface area (Å²) in [6.45, 7) is 1.96. The molecular formula is C22H24N2O4. The van der Waals surface area contributed by atoms with E-state index in [0.29, 0.717) is 6.54 Å². The molecule has 1 unspecified atom stereocenters. The van der Waals surface area contributed by atoms with Crippen molar-refractivity contribution in [2.24, 2.45) is 5.92 Å². The molecule has 1 fully saturated rings. The zero-order chi connectivity index (χ0) is 20.1. The minimum Gasteiger partial charge on any atom is -0.481 e. The Labute approximate surface area is 164 Å². The van der Waals surface area contributed by atoms with Gasteiger partial charge >= 0.3 is 5.97 Å². The summed E-state index contributed by atoms with van der Waals surface area (Å²) in [5.74, 6) is -2.15. The molecule has 0 bridgehead atoms. The zero-order valence-electron chi connectivity index (χ0n) is 15.7. The van der Waals surface area contributed by atoms with Crippen molar-refractivity contribution in [3.8, 4) is 0 Å². The van der Waals surface area contributed by atoms with Crippen molar-refractivity contribution in [2.75, 3.05) is 13.1 Å². The summed E-state index contributed by atoms with van der Waals surface area (Å²) >= 11 is 0. The van der Waals surface area contributed by atoms with Gasteiger partial charge in [-0.3, -0.25) is 14.4 Å². The molecule has 0 aliphatic carbocycles. The standard InChI is InChI=1S/C22H24N2O4/c1-15(25)23-20(17-10-6-3-7-11-17)12-21(26)24-13-18(19(14-24)22(27)28)16-8-4-2-5-9-16/h2-11,18-20H,12-14H2,1H3,(H,23,25)(H,27,28)/t18-,19-,20?/m0/s1. The fourth-order valence-electron chi connectivity index (χ4n) is 3.78. The summed E-state index contributed by atoms with van der Waals surface area (Å²) in [5.41, 5.74) is 1.77. The van der Waals surface area contributed by atoms with E-state index in [9.17, 15) is 19.5 Å². The predicted octanol–water partition coefficient (Wildman–Crippen LogP) is 2.58. The number of nitrogens with one attached hydrogen (secondary N) is 1. The lowest BCUT2D eigenvalue weighted by molar-refractivity contribution is -0.141. The normalized spacial score (nSPS) is 19.8. The number of carboxylic acids is 1. The number of hydrogen-bond acceptors (Lipinski definition) is 3. The lowest BCUT2D eigenvalue weighted by Crippen LogP contribution is -2.35. The first-order valence-corrected chi connectivity index (χ1v) is 9.33. The molecule has 2 aromatic carbocycles. The third-order valence-corrected chi connectivity index (χ3v) is 5.18. The summed E-state index contributed by atoms with van der Waals surface area (Å²) in [4.78, 5) is 37.9. The van der Waals surface area contributed by atoms with Gasteiger partial charge in [0.2, 0.25) is 11.8 Å². The first kappa shape index (κ1) is 19.6. The van der Waals surface area contributed by atoms with Gasteiger partial charge in [-0.1, -0.05) is 60.7 Å². The number of carbonyl (C=O) groups is 3. The van der Waals surface area contributed by atoms with E-state index < -0.39 is 17.9 Å². The largest absolute Gasteiger partial charge is 0.481 e. The van der Waals surface area contributed by atoms with Crippen LogP contribution in [0.3, 0.4) is 0 Å². The molecule has 2 aromatic rings. The van der Waals surface area contributed by atoms with Crippen LogP contribution in [-0.2, 0) is 14.4 Å². The van der Waals surface area contributed by atoms with Crippen LogP contribution in [-0.4, -0.2) is 40.9 Å². The van der Waals surface area contributed by atoms with Crippen LogP contribution >= 0.6 is 0 Å². The maximum atomic E-state index is 12.9. The minimum absolute atomic E-state index is 0.0947. The van der Waals surface area contributed by atoms with Crippen molar-refractivity contribution in [3.05, 3.63) is 71.8 Å². The smallest absolute Gasteiger partial charge is 0.308 e. The van der Waals surface area contributed by atoms with Gasteiger partial charge in [0.15, 0.2) is 0 Å². The van der Waals surface area contributed by atoms with Gasteiger partial charge in [0.1, 0.15) is 0 Å². The molecule has 2 amide bonds. The predicted molar refractivity (Wildman–Crippen MR) is 105 cm³/mol. The van der Waals surface area contributed by atoms with Crippen LogP contribution < -0.4 is 5.32 Å². The molecule has 146 valence electrons. The summed E-state index contributed by atoms with van der Waals surface area (Å²) in [7, 11) is 0. The second-order valence-corrected chi connectivity index (χ2v) is 7.13. The quantitative estimate of drug-likeness (QED) is 0.806. The van der Waals surface area contributed by atoms with Crippen LogP contribution in [0.15, 0.2) is 60.7 Å². The average Bonchev–Trinajstić information content (AvgIpc) is 3.14. The highest BCUT2D eigenvalue weighted by molar-refractivity contribution is 5.81. The van der Waals surface area contributed by atoms with E-state index in [2.05, 4.69) is 5.32 Å². The number of benzene rings is 2. The van der Waals surface area contributed by atoms with E-state index in [0.717, 1.165) is 11.1 Å². The fourth-order valence-corrected chi connectivity index (χ4v) is 3.78. The molecular weight excluding hydrogens is 356 g/mol. The number of likely N-dealkylation sites (tertiary alicyclic amines) is 1. The molecule has 0 aromatic heterocycles. The number of rotatable bonds is 6. The van der Waals surface area contributed by atoms with Crippen LogP contribution in [0.25, 0.3) is 0 Å². The van der Waals surface area contributed by atoms with E-state index in [4.69, 9.17) is 0 Å². The second-order valence-electron chi connectivity index (χ2n) is 7.13. The molecule has 1 aliphatic rings. The molecule has 6 heteroatoms. The highest BCUT2D eigenvalue weighted by atomic mass is 16.4. The van der Waals surface area contributed by atoms with Gasteiger partial charge in [-0.25, -0.2) is 0 Å². The van der Waals surface area contributed by atoms with E-state index in [-0.39, 0.29) is 30.7 Å². The van der Waals surface area contributed by atoms with Gasteiger partial charge in [-0.05, 0) is 11.1 Å². The molecule has 2 N–H and O–H groups in total. The second kappa shape index (κ2) is 8.69. The number of amides is 2. The van der Waals surface area contributed by atoms with Crippen molar-refractivity contribution in [3.63, 3.8) is 0 Å². The Kier molecular flexibility index (Phi) is 6.09. The first-order valence-electron chi connectivity index (χ1n) is 9.33. The number of hydrogen-bond donors (Lipinski definition) is 2. The molecule has 3 rings (SSSR count). The summed E-state index contributed by atoms with van der Waals surface area (Å²) in [6.07, 6.45) is 0.0947. The number of carboxylic acid groups (broad SMARTS) is 1. The lowest BCUT2D eigenvalue weighted by Gasteiger charge is -2.22. The van der Waals surface area contributed by atoms with Gasteiger partial charge in [-0.2, -0.15) is 0 Å². The SMILES string of the molecule is CC(=O)NC(CC(=O)N1C[C@H](C(=O)O)[C@H](c2ccccc2)C1)c1ccccc1. The Morgan fingerprint density at radius 2 is 1.64 bits per heavy atom. The van der Waals surface area contributed by atoms with Crippen LogP contribution in [0, 0.1) is 5.92 Å². The van der Waals surface area contributed by atoms with Crippen molar-refractivity contribution in [2.45, 2.75) is 25.3 Å². The molecule has 6 nitrogen and oxygen atoms in total. The Balaban J connectivity index is 1.76. The molecule has 1 aliphatic heterocycles. The molecule has 1 heterocycles. The third kappa shape index (κ3) is 4.57. The van der Waals surface area contributed by atoms with Crippen LogP contribution in [0.2, 0.25) is 0 Å². The van der Waals surface area contributed by atoms with Crippen molar-refractivity contribution < 1.29 is 19.5 Å². The van der Waals surface area contributed by atoms with Crippen LogP contribution in [0.1, 0.15) is 36.4 Å². The molecule has 0 spiro atoms. The Morgan fingerprint density at radius 1 is 1.04 bits per heavy atom. The van der Waals surface area contributed by atoms with Crippen molar-refractivity contribution >= 4 is 17.8 Å². The number of aliphatic carboxylic acids is 1. The fraction of sp³-hybridized carbons (Fsp3) is 0.318. The highest BCUT2D eigenvalue weighted by Crippen LogP contribution is 2.33. The Bertz CT molecular complexity index is 838.